The minimum Gasteiger partial charge on any atom is -0.399 e. The van der Waals surface area contributed by atoms with Gasteiger partial charge in [0.1, 0.15) is 0 Å². The highest BCUT2D eigenvalue weighted by Crippen LogP contribution is 2.36. The molecule has 4 rings (SSSR count). The summed E-state index contributed by atoms with van der Waals surface area (Å²) >= 11 is 0. The molecule has 0 spiro atoms. The number of morpholine rings is 1. The highest BCUT2D eigenvalue weighted by atomic mass is 16.7. The first-order valence-corrected chi connectivity index (χ1v) is 11.4. The molecule has 3 aliphatic rings. The van der Waals surface area contributed by atoms with Crippen molar-refractivity contribution in [3.05, 3.63) is 24.3 Å². The number of nitrogens with zero attached hydrogens (tertiary/aromatic N) is 2. The van der Waals surface area contributed by atoms with Gasteiger partial charge in [-0.3, -0.25) is 4.90 Å². The number of piperidine rings is 1. The Morgan fingerprint density at radius 1 is 0.897 bits per heavy atom. The van der Waals surface area contributed by atoms with Gasteiger partial charge in [-0.15, -0.1) is 0 Å². The molecule has 29 heavy (non-hydrogen) atoms. The maximum absolute atomic E-state index is 6.23. The van der Waals surface area contributed by atoms with Gasteiger partial charge in [0, 0.05) is 37.9 Å². The summed E-state index contributed by atoms with van der Waals surface area (Å²) in [4.78, 5) is 5.12. The first-order valence-electron chi connectivity index (χ1n) is 11.4. The van der Waals surface area contributed by atoms with E-state index in [1.54, 1.807) is 0 Å². The van der Waals surface area contributed by atoms with Crippen LogP contribution in [0.3, 0.4) is 0 Å². The van der Waals surface area contributed by atoms with Gasteiger partial charge in [0.2, 0.25) is 0 Å². The largest absolute Gasteiger partial charge is 0.494 e. The Balaban J connectivity index is 0.00000117. The molecular weight excluding hydrogens is 363 g/mol. The van der Waals surface area contributed by atoms with Crippen molar-refractivity contribution in [1.29, 1.82) is 0 Å². The Bertz CT molecular complexity index is 637. The van der Waals surface area contributed by atoms with E-state index in [0.717, 1.165) is 44.9 Å². The minimum absolute atomic E-state index is 0.291. The maximum atomic E-state index is 6.23. The van der Waals surface area contributed by atoms with Crippen molar-refractivity contribution in [2.45, 2.75) is 71.6 Å². The van der Waals surface area contributed by atoms with Gasteiger partial charge in [0.05, 0.1) is 24.4 Å². The lowest BCUT2D eigenvalue weighted by Crippen LogP contribution is -2.49. The zero-order chi connectivity index (χ0) is 21.1. The third-order valence-corrected chi connectivity index (χ3v) is 6.79. The molecule has 0 amide bonds. The summed E-state index contributed by atoms with van der Waals surface area (Å²) in [5, 5.41) is 0. The van der Waals surface area contributed by atoms with Crippen molar-refractivity contribution in [1.82, 2.24) is 4.90 Å². The van der Waals surface area contributed by atoms with Crippen LogP contribution in [0.1, 0.15) is 54.4 Å². The second-order valence-corrected chi connectivity index (χ2v) is 9.05. The van der Waals surface area contributed by atoms with Crippen LogP contribution >= 0.6 is 0 Å². The van der Waals surface area contributed by atoms with Crippen LogP contribution in [0.15, 0.2) is 24.3 Å². The number of hydrogen-bond acceptors (Lipinski definition) is 5. The molecule has 0 N–H and O–H groups in total. The number of anilines is 1. The SMILES string of the molecule is CC.CC1(C)OB(c2cccc(N3CCC(N4CCOCC4)CC3)c2)OC1(C)C. The fraction of sp³-hybridized carbons (Fsp3) is 0.739. The molecule has 0 saturated carbocycles. The molecule has 1 aromatic rings. The second kappa shape index (κ2) is 9.38. The van der Waals surface area contributed by atoms with E-state index in [0.29, 0.717) is 6.04 Å². The molecule has 162 valence electrons. The number of benzene rings is 1. The predicted octanol–water partition coefficient (Wildman–Crippen LogP) is 3.31. The minimum atomic E-state index is -0.301. The third kappa shape index (κ3) is 4.99. The van der Waals surface area contributed by atoms with E-state index in [-0.39, 0.29) is 18.3 Å². The standard InChI is InChI=1S/C21H33BN2O3.C2H6/c1-20(2)21(3,4)27-22(26-20)17-6-5-7-19(16-17)23-10-8-18(9-11-23)24-12-14-25-15-13-24;1-2/h5-7,16,18H,8-15H2,1-4H3;1-2H3. The van der Waals surface area contributed by atoms with Crippen molar-refractivity contribution in [2.24, 2.45) is 0 Å². The van der Waals surface area contributed by atoms with E-state index in [1.807, 2.05) is 13.8 Å². The molecule has 1 aromatic carbocycles. The molecule has 3 aliphatic heterocycles. The highest BCUT2D eigenvalue weighted by Gasteiger charge is 2.51. The Hall–Kier alpha value is -1.08. The van der Waals surface area contributed by atoms with Gasteiger partial charge in [0.15, 0.2) is 0 Å². The summed E-state index contributed by atoms with van der Waals surface area (Å²) in [6.07, 6.45) is 2.45. The molecule has 3 fully saturated rings. The van der Waals surface area contributed by atoms with Crippen LogP contribution in [0.4, 0.5) is 5.69 Å². The zero-order valence-corrected chi connectivity index (χ0v) is 19.2. The van der Waals surface area contributed by atoms with Gasteiger partial charge < -0.3 is 18.9 Å². The summed E-state index contributed by atoms with van der Waals surface area (Å²) in [5.41, 5.74) is 1.79. The van der Waals surface area contributed by atoms with Gasteiger partial charge in [-0.25, -0.2) is 0 Å². The van der Waals surface area contributed by atoms with Crippen molar-refractivity contribution in [3.63, 3.8) is 0 Å². The lowest BCUT2D eigenvalue weighted by atomic mass is 9.79. The first kappa shape index (κ1) is 22.6. The molecule has 0 aliphatic carbocycles. The van der Waals surface area contributed by atoms with Gasteiger partial charge in [0.25, 0.3) is 0 Å². The summed E-state index contributed by atoms with van der Waals surface area (Å²) in [6, 6.07) is 9.41. The van der Waals surface area contributed by atoms with Gasteiger partial charge in [-0.05, 0) is 58.1 Å². The Morgan fingerprint density at radius 3 is 2.07 bits per heavy atom. The normalized spacial score (nSPS) is 24.9. The highest BCUT2D eigenvalue weighted by molar-refractivity contribution is 6.62. The van der Waals surface area contributed by atoms with Gasteiger partial charge in [-0.1, -0.05) is 26.0 Å². The van der Waals surface area contributed by atoms with Gasteiger partial charge >= 0.3 is 7.12 Å². The lowest BCUT2D eigenvalue weighted by Gasteiger charge is -2.41. The second-order valence-electron chi connectivity index (χ2n) is 9.05. The monoisotopic (exact) mass is 402 g/mol. The van der Waals surface area contributed by atoms with Crippen LogP contribution in [0.5, 0.6) is 0 Å². The summed E-state index contributed by atoms with van der Waals surface area (Å²) in [7, 11) is -0.291. The molecule has 0 unspecified atom stereocenters. The molecule has 5 nitrogen and oxygen atoms in total. The van der Waals surface area contributed by atoms with Gasteiger partial charge in [-0.2, -0.15) is 0 Å². The summed E-state index contributed by atoms with van der Waals surface area (Å²) in [6.45, 7) is 18.6. The number of rotatable bonds is 3. The van der Waals surface area contributed by atoms with Crippen LogP contribution in [-0.4, -0.2) is 68.7 Å². The van der Waals surface area contributed by atoms with Crippen molar-refractivity contribution in [2.75, 3.05) is 44.3 Å². The predicted molar refractivity (Wildman–Crippen MR) is 121 cm³/mol. The van der Waals surface area contributed by atoms with E-state index in [4.69, 9.17) is 14.0 Å². The Labute approximate surface area is 177 Å². The van der Waals surface area contributed by atoms with E-state index in [2.05, 4.69) is 61.8 Å². The topological polar surface area (TPSA) is 34.2 Å². The molecule has 3 saturated heterocycles. The molecule has 0 atom stereocenters. The number of hydrogen-bond donors (Lipinski definition) is 0. The fourth-order valence-electron chi connectivity index (χ4n) is 4.28. The first-order chi connectivity index (χ1) is 13.9. The van der Waals surface area contributed by atoms with E-state index < -0.39 is 0 Å². The molecule has 3 heterocycles. The summed E-state index contributed by atoms with van der Waals surface area (Å²) in [5.74, 6) is 0. The van der Waals surface area contributed by atoms with E-state index >= 15 is 0 Å². The average molecular weight is 402 g/mol. The van der Waals surface area contributed by atoms with Crippen molar-refractivity contribution >= 4 is 18.3 Å². The maximum Gasteiger partial charge on any atom is 0.494 e. The number of ether oxygens (including phenoxy) is 1. The van der Waals surface area contributed by atoms with Crippen LogP contribution in [-0.2, 0) is 14.0 Å². The molecule has 0 bridgehead atoms. The average Bonchev–Trinajstić information content (AvgIpc) is 2.97. The molecule has 0 radical (unpaired) electrons. The molecule has 0 aromatic heterocycles. The smallest absolute Gasteiger partial charge is 0.399 e. The van der Waals surface area contributed by atoms with Crippen LogP contribution < -0.4 is 10.4 Å². The Morgan fingerprint density at radius 2 is 1.48 bits per heavy atom. The zero-order valence-electron chi connectivity index (χ0n) is 19.2. The quantitative estimate of drug-likeness (QED) is 0.725. The van der Waals surface area contributed by atoms with E-state index in [9.17, 15) is 0 Å². The molecule has 6 heteroatoms. The lowest BCUT2D eigenvalue weighted by molar-refractivity contribution is 0.00578. The summed E-state index contributed by atoms with van der Waals surface area (Å²) < 4.78 is 18.0. The van der Waals surface area contributed by atoms with Crippen LogP contribution in [0.25, 0.3) is 0 Å². The van der Waals surface area contributed by atoms with Crippen LogP contribution in [0.2, 0.25) is 0 Å². The van der Waals surface area contributed by atoms with Crippen molar-refractivity contribution in [3.8, 4) is 0 Å². The molecular formula is C23H39BN2O3. The third-order valence-electron chi connectivity index (χ3n) is 6.79. The van der Waals surface area contributed by atoms with E-state index in [1.165, 1.54) is 18.5 Å². The Kier molecular flexibility index (Phi) is 7.31. The fourth-order valence-corrected chi connectivity index (χ4v) is 4.28. The van der Waals surface area contributed by atoms with Crippen molar-refractivity contribution < 1.29 is 14.0 Å². The van der Waals surface area contributed by atoms with Crippen LogP contribution in [0, 0.1) is 0 Å².